The Bertz CT molecular complexity index is 1230. The first-order valence-corrected chi connectivity index (χ1v) is 10.8. The SMILES string of the molecule is CCOC(=O)c1nn(-c2cccc(C)c2)c2c1CS(=O)(=O)c1cc(OC)ccc1-2. The summed E-state index contributed by atoms with van der Waals surface area (Å²) >= 11 is 0. The van der Waals surface area contributed by atoms with Crippen molar-refractivity contribution in [2.75, 3.05) is 13.7 Å². The van der Waals surface area contributed by atoms with Gasteiger partial charge in [-0.1, -0.05) is 12.1 Å². The highest BCUT2D eigenvalue weighted by molar-refractivity contribution is 7.90. The zero-order valence-electron chi connectivity index (χ0n) is 16.3. The predicted molar refractivity (Wildman–Crippen MR) is 107 cm³/mol. The zero-order valence-corrected chi connectivity index (χ0v) is 17.1. The number of rotatable bonds is 4. The van der Waals surface area contributed by atoms with E-state index in [1.807, 2.05) is 31.2 Å². The number of sulfone groups is 1. The molecule has 0 bridgehead atoms. The molecule has 7 nitrogen and oxygen atoms in total. The van der Waals surface area contributed by atoms with E-state index in [1.165, 1.54) is 13.2 Å². The molecule has 0 amide bonds. The smallest absolute Gasteiger partial charge is 0.359 e. The molecule has 0 radical (unpaired) electrons. The van der Waals surface area contributed by atoms with Gasteiger partial charge in [0.25, 0.3) is 0 Å². The van der Waals surface area contributed by atoms with Crippen molar-refractivity contribution in [2.45, 2.75) is 24.5 Å². The van der Waals surface area contributed by atoms with E-state index < -0.39 is 15.8 Å². The van der Waals surface area contributed by atoms with E-state index in [2.05, 4.69) is 5.10 Å². The van der Waals surface area contributed by atoms with E-state index in [9.17, 15) is 13.2 Å². The number of aromatic nitrogens is 2. The Morgan fingerprint density at radius 1 is 1.21 bits per heavy atom. The van der Waals surface area contributed by atoms with E-state index in [-0.39, 0.29) is 22.9 Å². The lowest BCUT2D eigenvalue weighted by atomic mass is 10.0. The zero-order chi connectivity index (χ0) is 20.8. The number of esters is 1. The van der Waals surface area contributed by atoms with Gasteiger partial charge in [-0.05, 0) is 49.7 Å². The molecule has 0 unspecified atom stereocenters. The maximum absolute atomic E-state index is 13.0. The van der Waals surface area contributed by atoms with Gasteiger partial charge < -0.3 is 9.47 Å². The minimum Gasteiger partial charge on any atom is -0.497 e. The first kappa shape index (κ1) is 19.2. The fourth-order valence-corrected chi connectivity index (χ4v) is 5.13. The second-order valence-electron chi connectivity index (χ2n) is 6.77. The summed E-state index contributed by atoms with van der Waals surface area (Å²) in [4.78, 5) is 12.7. The van der Waals surface area contributed by atoms with Gasteiger partial charge in [-0.25, -0.2) is 17.9 Å². The summed E-state index contributed by atoms with van der Waals surface area (Å²) in [5.74, 6) is -0.520. The molecule has 150 valence electrons. The number of aryl methyl sites for hydroxylation is 1. The van der Waals surface area contributed by atoms with Crippen LogP contribution in [0.3, 0.4) is 0 Å². The van der Waals surface area contributed by atoms with Gasteiger partial charge in [0.2, 0.25) is 0 Å². The van der Waals surface area contributed by atoms with Crippen molar-refractivity contribution >= 4 is 15.8 Å². The average Bonchev–Trinajstić information content (AvgIpc) is 3.06. The lowest BCUT2D eigenvalue weighted by Gasteiger charge is -2.20. The standard InChI is InChI=1S/C21H20N2O5S/c1-4-28-21(24)19-17-12-29(25,26)18-11-15(27-3)8-9-16(18)20(17)23(22-19)14-7-5-6-13(2)10-14/h5-11H,4,12H2,1-3H3. The number of hydrogen-bond acceptors (Lipinski definition) is 6. The van der Waals surface area contributed by atoms with Crippen LogP contribution in [0.5, 0.6) is 5.75 Å². The minimum absolute atomic E-state index is 0.0217. The van der Waals surface area contributed by atoms with Crippen molar-refractivity contribution in [1.29, 1.82) is 0 Å². The highest BCUT2D eigenvalue weighted by Gasteiger charge is 2.36. The van der Waals surface area contributed by atoms with Gasteiger partial charge in [-0.3, -0.25) is 0 Å². The van der Waals surface area contributed by atoms with Crippen LogP contribution in [0.25, 0.3) is 16.9 Å². The van der Waals surface area contributed by atoms with Gasteiger partial charge in [0.1, 0.15) is 5.75 Å². The van der Waals surface area contributed by atoms with Gasteiger partial charge in [0.15, 0.2) is 15.5 Å². The van der Waals surface area contributed by atoms with Crippen LogP contribution in [0.4, 0.5) is 0 Å². The third-order valence-corrected chi connectivity index (χ3v) is 6.49. The number of fused-ring (bicyclic) bond motifs is 3. The van der Waals surface area contributed by atoms with Crippen LogP contribution >= 0.6 is 0 Å². The van der Waals surface area contributed by atoms with Crippen LogP contribution in [0, 0.1) is 6.92 Å². The molecule has 1 aromatic heterocycles. The topological polar surface area (TPSA) is 87.5 Å². The van der Waals surface area contributed by atoms with Crippen LogP contribution in [-0.2, 0) is 20.3 Å². The summed E-state index contributed by atoms with van der Waals surface area (Å²) in [6.07, 6.45) is 0. The van der Waals surface area contributed by atoms with Crippen LogP contribution in [-0.4, -0.2) is 37.9 Å². The molecule has 0 fully saturated rings. The Balaban J connectivity index is 2.05. The number of ether oxygens (including phenoxy) is 2. The molecule has 3 aromatic rings. The molecule has 1 aliphatic heterocycles. The van der Waals surface area contributed by atoms with Crippen molar-refractivity contribution in [3.8, 4) is 22.7 Å². The second-order valence-corrected chi connectivity index (χ2v) is 8.73. The molecule has 29 heavy (non-hydrogen) atoms. The number of carbonyl (C=O) groups is 1. The lowest BCUT2D eigenvalue weighted by Crippen LogP contribution is -2.16. The molecular weight excluding hydrogens is 392 g/mol. The first-order chi connectivity index (χ1) is 13.9. The summed E-state index contributed by atoms with van der Waals surface area (Å²) in [5.41, 5.74) is 3.18. The molecule has 8 heteroatoms. The normalized spacial score (nSPS) is 14.0. The van der Waals surface area contributed by atoms with Gasteiger partial charge in [0.05, 0.1) is 35.7 Å². The van der Waals surface area contributed by atoms with E-state index in [1.54, 1.807) is 23.7 Å². The predicted octanol–water partition coefficient (Wildman–Crippen LogP) is 3.32. The van der Waals surface area contributed by atoms with Crippen LogP contribution in [0.2, 0.25) is 0 Å². The fraction of sp³-hybridized carbons (Fsp3) is 0.238. The Kier molecular flexibility index (Phi) is 4.66. The van der Waals surface area contributed by atoms with E-state index in [0.717, 1.165) is 11.3 Å². The minimum atomic E-state index is -3.68. The number of methoxy groups -OCH3 is 1. The molecule has 0 aliphatic carbocycles. The molecule has 0 saturated heterocycles. The largest absolute Gasteiger partial charge is 0.497 e. The number of carbonyl (C=O) groups excluding carboxylic acids is 1. The van der Waals surface area contributed by atoms with Crippen LogP contribution < -0.4 is 4.74 Å². The van der Waals surface area contributed by atoms with Crippen LogP contribution in [0.1, 0.15) is 28.5 Å². The molecule has 0 N–H and O–H groups in total. The molecule has 2 heterocycles. The fourth-order valence-electron chi connectivity index (χ4n) is 3.52. The molecule has 0 saturated carbocycles. The maximum atomic E-state index is 13.0. The Hall–Kier alpha value is -3.13. The van der Waals surface area contributed by atoms with Gasteiger partial charge in [0, 0.05) is 11.1 Å². The van der Waals surface area contributed by atoms with Crippen molar-refractivity contribution < 1.29 is 22.7 Å². The highest BCUT2D eigenvalue weighted by atomic mass is 32.2. The van der Waals surface area contributed by atoms with E-state index in [0.29, 0.717) is 22.6 Å². The number of benzene rings is 2. The van der Waals surface area contributed by atoms with Crippen molar-refractivity contribution in [3.63, 3.8) is 0 Å². The molecule has 1 aliphatic rings. The van der Waals surface area contributed by atoms with Gasteiger partial charge in [-0.2, -0.15) is 5.10 Å². The summed E-state index contributed by atoms with van der Waals surface area (Å²) in [7, 11) is -2.19. The quantitative estimate of drug-likeness (QED) is 0.611. The summed E-state index contributed by atoms with van der Waals surface area (Å²) in [6.45, 7) is 3.82. The third kappa shape index (κ3) is 3.19. The van der Waals surface area contributed by atoms with E-state index in [4.69, 9.17) is 9.47 Å². The molecule has 0 atom stereocenters. The van der Waals surface area contributed by atoms with Crippen molar-refractivity contribution in [3.05, 3.63) is 59.3 Å². The number of nitrogens with zero attached hydrogens (tertiary/aromatic N) is 2. The first-order valence-electron chi connectivity index (χ1n) is 9.13. The molecular formula is C21H20N2O5S. The monoisotopic (exact) mass is 412 g/mol. The van der Waals surface area contributed by atoms with Gasteiger partial charge >= 0.3 is 5.97 Å². The average molecular weight is 412 g/mol. The maximum Gasteiger partial charge on any atom is 0.359 e. The molecule has 2 aromatic carbocycles. The molecule has 4 rings (SSSR count). The van der Waals surface area contributed by atoms with Crippen molar-refractivity contribution in [2.24, 2.45) is 0 Å². The second kappa shape index (κ2) is 7.04. The van der Waals surface area contributed by atoms with E-state index >= 15 is 0 Å². The Morgan fingerprint density at radius 2 is 2.00 bits per heavy atom. The van der Waals surface area contributed by atoms with Gasteiger partial charge in [-0.15, -0.1) is 0 Å². The Morgan fingerprint density at radius 3 is 2.69 bits per heavy atom. The lowest BCUT2D eigenvalue weighted by molar-refractivity contribution is 0.0518. The Labute approximate surface area is 168 Å². The summed E-state index contributed by atoms with van der Waals surface area (Å²) in [6, 6.07) is 12.5. The van der Waals surface area contributed by atoms with Crippen LogP contribution in [0.15, 0.2) is 47.4 Å². The molecule has 0 spiro atoms. The summed E-state index contributed by atoms with van der Waals surface area (Å²) < 4.78 is 37.9. The summed E-state index contributed by atoms with van der Waals surface area (Å²) in [5, 5.41) is 4.48. The van der Waals surface area contributed by atoms with Crippen molar-refractivity contribution in [1.82, 2.24) is 9.78 Å². The highest BCUT2D eigenvalue weighted by Crippen LogP contribution is 2.42. The third-order valence-electron chi connectivity index (χ3n) is 4.81. The number of hydrogen-bond donors (Lipinski definition) is 0.